The Morgan fingerprint density at radius 3 is 1.97 bits per heavy atom. The molecule has 8 heteroatoms. The van der Waals surface area contributed by atoms with Crippen LogP contribution in [0.4, 0.5) is 0 Å². The Bertz CT molecular complexity index is 2050. The van der Waals surface area contributed by atoms with Crippen LogP contribution in [0.3, 0.4) is 0 Å². The van der Waals surface area contributed by atoms with Crippen molar-refractivity contribution in [2.45, 2.75) is 6.92 Å². The van der Waals surface area contributed by atoms with Crippen LogP contribution in [0.15, 0.2) is 97.3 Å². The van der Waals surface area contributed by atoms with Crippen molar-refractivity contribution in [1.29, 1.82) is 0 Å². The average molecular weight is 520 g/mol. The highest BCUT2D eigenvalue weighted by atomic mass is 16.3. The number of hydrogen-bond donors (Lipinski definition) is 4. The van der Waals surface area contributed by atoms with Gasteiger partial charge in [0, 0.05) is 41.5 Å². The van der Waals surface area contributed by atoms with E-state index in [1.54, 1.807) is 36.4 Å². The van der Waals surface area contributed by atoms with Gasteiger partial charge in [0.1, 0.15) is 50.9 Å². The van der Waals surface area contributed by atoms with Gasteiger partial charge in [0.15, 0.2) is 16.4 Å². The molecule has 39 heavy (non-hydrogen) atoms. The molecular weight excluding hydrogens is 500 g/mol. The Labute approximate surface area is 219 Å². The maximum absolute atomic E-state index is 13.1. The first-order chi connectivity index (χ1) is 18.7. The van der Waals surface area contributed by atoms with Gasteiger partial charge >= 0.3 is 0 Å². The monoisotopic (exact) mass is 520 g/mol. The first-order valence-corrected chi connectivity index (χ1v) is 11.9. The Morgan fingerprint density at radius 1 is 0.590 bits per heavy atom. The summed E-state index contributed by atoms with van der Waals surface area (Å²) < 4.78 is 11.9. The van der Waals surface area contributed by atoms with Crippen LogP contribution in [0.1, 0.15) is 5.56 Å². The van der Waals surface area contributed by atoms with Crippen LogP contribution in [0.25, 0.3) is 55.7 Å². The third kappa shape index (κ3) is 4.04. The fourth-order valence-corrected chi connectivity index (χ4v) is 4.67. The van der Waals surface area contributed by atoms with E-state index in [4.69, 9.17) is 8.83 Å². The number of fused-ring (bicyclic) bond motifs is 2. The van der Waals surface area contributed by atoms with E-state index in [1.165, 1.54) is 18.2 Å². The molecular formula is C31H20O8. The molecule has 4 aromatic carbocycles. The molecule has 0 aliphatic rings. The molecule has 6 rings (SSSR count). The summed E-state index contributed by atoms with van der Waals surface area (Å²) >= 11 is 0. The second kappa shape index (κ2) is 8.81. The molecule has 4 N–H and O–H groups in total. The topological polar surface area (TPSA) is 141 Å². The van der Waals surface area contributed by atoms with E-state index < -0.39 is 22.4 Å². The molecule has 0 spiro atoms. The van der Waals surface area contributed by atoms with Gasteiger partial charge in [0.05, 0.1) is 5.56 Å². The summed E-state index contributed by atoms with van der Waals surface area (Å²) in [6, 6.07) is 19.8. The van der Waals surface area contributed by atoms with E-state index in [-0.39, 0.29) is 50.5 Å². The van der Waals surface area contributed by atoms with Crippen LogP contribution >= 0.6 is 0 Å². The molecule has 2 heterocycles. The van der Waals surface area contributed by atoms with Gasteiger partial charge in [-0.15, -0.1) is 0 Å². The molecule has 0 unspecified atom stereocenters. The third-order valence-electron chi connectivity index (χ3n) is 6.53. The minimum atomic E-state index is -0.513. The molecule has 0 amide bonds. The van der Waals surface area contributed by atoms with Crippen LogP contribution in [-0.2, 0) is 0 Å². The van der Waals surface area contributed by atoms with Crippen LogP contribution in [0.5, 0.6) is 23.0 Å². The molecule has 0 aliphatic heterocycles. The van der Waals surface area contributed by atoms with Crippen molar-refractivity contribution in [2.75, 3.05) is 0 Å². The van der Waals surface area contributed by atoms with Gasteiger partial charge in [0.2, 0.25) is 0 Å². The second-order valence-corrected chi connectivity index (χ2v) is 9.23. The molecule has 0 saturated heterocycles. The molecule has 192 valence electrons. The maximum Gasteiger partial charge on any atom is 0.197 e. The predicted octanol–water partition coefficient (Wildman–Crippen LogP) is 6.03. The molecule has 2 aromatic heterocycles. The molecule has 8 nitrogen and oxygen atoms in total. The number of benzene rings is 4. The van der Waals surface area contributed by atoms with Gasteiger partial charge in [-0.1, -0.05) is 48.0 Å². The number of phenolic OH excluding ortho intramolecular Hbond substituents is 4. The van der Waals surface area contributed by atoms with Crippen LogP contribution < -0.4 is 10.9 Å². The molecule has 0 atom stereocenters. The molecule has 0 aliphatic carbocycles. The lowest BCUT2D eigenvalue weighted by molar-refractivity contribution is 0.451. The standard InChI is InChI=1S/C31H20O8/c1-15-5-7-16(8-6-15)25-14-24(37)30-22(35)12-21(34)28(31(30)39-25)18-4-2-3-17(9-18)26-13-23(36)29-20(33)10-19(32)11-27(29)38-26/h2-14,32-35H,1H3. The largest absolute Gasteiger partial charge is 0.508 e. The first kappa shape index (κ1) is 23.9. The summed E-state index contributed by atoms with van der Waals surface area (Å²) in [4.78, 5) is 25.8. The van der Waals surface area contributed by atoms with Crippen LogP contribution in [-0.4, -0.2) is 20.4 Å². The third-order valence-corrected chi connectivity index (χ3v) is 6.53. The number of rotatable bonds is 3. The quantitative estimate of drug-likeness (QED) is 0.222. The molecule has 0 radical (unpaired) electrons. The number of hydrogen-bond acceptors (Lipinski definition) is 8. The average Bonchev–Trinajstić information content (AvgIpc) is 2.88. The van der Waals surface area contributed by atoms with E-state index in [9.17, 15) is 30.0 Å². The SMILES string of the molecule is Cc1ccc(-c2cc(=O)c3c(O)cc(O)c(-c4cccc(-c5cc(=O)c6c(O)cc(O)cc6o5)c4)c3o2)cc1. The lowest BCUT2D eigenvalue weighted by Crippen LogP contribution is -2.02. The van der Waals surface area contributed by atoms with Crippen molar-refractivity contribution in [2.24, 2.45) is 0 Å². The fourth-order valence-electron chi connectivity index (χ4n) is 4.67. The molecule has 0 fully saturated rings. The van der Waals surface area contributed by atoms with Gasteiger partial charge in [-0.25, -0.2) is 0 Å². The summed E-state index contributed by atoms with van der Waals surface area (Å²) in [7, 11) is 0. The van der Waals surface area contributed by atoms with Crippen molar-refractivity contribution in [1.82, 2.24) is 0 Å². The van der Waals surface area contributed by atoms with Gasteiger partial charge < -0.3 is 29.3 Å². The summed E-state index contributed by atoms with van der Waals surface area (Å²) in [5.41, 5.74) is 1.67. The summed E-state index contributed by atoms with van der Waals surface area (Å²) in [5.74, 6) is -1.02. The van der Waals surface area contributed by atoms with Crippen LogP contribution in [0.2, 0.25) is 0 Å². The smallest absolute Gasteiger partial charge is 0.197 e. The lowest BCUT2D eigenvalue weighted by atomic mass is 9.97. The first-order valence-electron chi connectivity index (χ1n) is 11.9. The van der Waals surface area contributed by atoms with E-state index in [0.29, 0.717) is 16.7 Å². The Balaban J connectivity index is 1.58. The van der Waals surface area contributed by atoms with E-state index in [1.807, 2.05) is 19.1 Å². The highest BCUT2D eigenvalue weighted by Gasteiger charge is 2.21. The van der Waals surface area contributed by atoms with Crippen LogP contribution in [0, 0.1) is 6.92 Å². The second-order valence-electron chi connectivity index (χ2n) is 9.23. The lowest BCUT2D eigenvalue weighted by Gasteiger charge is -2.13. The van der Waals surface area contributed by atoms with E-state index in [2.05, 4.69) is 0 Å². The molecule has 6 aromatic rings. The highest BCUT2D eigenvalue weighted by Crippen LogP contribution is 2.42. The van der Waals surface area contributed by atoms with Crippen molar-refractivity contribution in [3.63, 3.8) is 0 Å². The zero-order valence-electron chi connectivity index (χ0n) is 20.4. The van der Waals surface area contributed by atoms with Crippen molar-refractivity contribution in [3.8, 4) is 56.8 Å². The fraction of sp³-hybridized carbons (Fsp3) is 0.0323. The zero-order chi connectivity index (χ0) is 27.4. The van der Waals surface area contributed by atoms with Crippen molar-refractivity contribution < 1.29 is 29.3 Å². The van der Waals surface area contributed by atoms with Gasteiger partial charge in [-0.05, 0) is 18.6 Å². The minimum absolute atomic E-state index is 0.00734. The minimum Gasteiger partial charge on any atom is -0.508 e. The summed E-state index contributed by atoms with van der Waals surface area (Å²) in [6.07, 6.45) is 0. The Kier molecular flexibility index (Phi) is 5.39. The number of aryl methyl sites for hydroxylation is 1. The van der Waals surface area contributed by atoms with Gasteiger partial charge in [0.25, 0.3) is 0 Å². The summed E-state index contributed by atoms with van der Waals surface area (Å²) in [5, 5.41) is 41.2. The predicted molar refractivity (Wildman–Crippen MR) is 146 cm³/mol. The van der Waals surface area contributed by atoms with Crippen molar-refractivity contribution >= 4 is 21.9 Å². The number of phenols is 4. The molecule has 0 saturated carbocycles. The van der Waals surface area contributed by atoms with Gasteiger partial charge in [-0.2, -0.15) is 0 Å². The van der Waals surface area contributed by atoms with Crippen molar-refractivity contribution in [3.05, 3.63) is 105 Å². The highest BCUT2D eigenvalue weighted by molar-refractivity contribution is 6.00. The Hall–Kier alpha value is -5.50. The molecule has 0 bridgehead atoms. The van der Waals surface area contributed by atoms with Gasteiger partial charge in [-0.3, -0.25) is 9.59 Å². The zero-order valence-corrected chi connectivity index (χ0v) is 20.4. The van der Waals surface area contributed by atoms with E-state index in [0.717, 1.165) is 17.7 Å². The Morgan fingerprint density at radius 2 is 1.23 bits per heavy atom. The normalized spacial score (nSPS) is 11.3. The van der Waals surface area contributed by atoms with E-state index >= 15 is 0 Å². The number of aromatic hydroxyl groups is 4. The maximum atomic E-state index is 13.1. The summed E-state index contributed by atoms with van der Waals surface area (Å²) in [6.45, 7) is 1.94.